The van der Waals surface area contributed by atoms with E-state index in [1.54, 1.807) is 0 Å². The predicted octanol–water partition coefficient (Wildman–Crippen LogP) is 3.09. The first-order chi connectivity index (χ1) is 5.07. The number of methoxy groups -OCH3 is 1. The largest absolute Gasteiger partial charge is 0.381 e. The zero-order chi connectivity index (χ0) is 8.85. The Balaban J connectivity index is 3.52. The summed E-state index contributed by atoms with van der Waals surface area (Å²) in [6, 6.07) is 0. The molecule has 0 aromatic carbocycles. The SMILES string of the molecule is CO[C@@H](CCC(C)C)C(C)C. The summed E-state index contributed by atoms with van der Waals surface area (Å²) in [6.45, 7) is 8.95. The number of rotatable bonds is 5. The van der Waals surface area contributed by atoms with Gasteiger partial charge >= 0.3 is 0 Å². The van der Waals surface area contributed by atoms with Gasteiger partial charge in [-0.1, -0.05) is 27.7 Å². The van der Waals surface area contributed by atoms with Crippen LogP contribution in [0.5, 0.6) is 0 Å². The van der Waals surface area contributed by atoms with Crippen molar-refractivity contribution in [1.29, 1.82) is 0 Å². The molecule has 0 aliphatic carbocycles. The molecule has 68 valence electrons. The minimum absolute atomic E-state index is 0.456. The van der Waals surface area contributed by atoms with Crippen LogP contribution in [-0.2, 0) is 4.74 Å². The Labute approximate surface area is 71.1 Å². The summed E-state index contributed by atoms with van der Waals surface area (Å²) in [5.41, 5.74) is 0. The van der Waals surface area contributed by atoms with Crippen LogP contribution in [0, 0.1) is 11.8 Å². The van der Waals surface area contributed by atoms with Crippen molar-refractivity contribution in [3.05, 3.63) is 0 Å². The molecule has 0 bridgehead atoms. The van der Waals surface area contributed by atoms with Gasteiger partial charge in [-0.2, -0.15) is 0 Å². The summed E-state index contributed by atoms with van der Waals surface area (Å²) >= 11 is 0. The van der Waals surface area contributed by atoms with E-state index in [9.17, 15) is 0 Å². The van der Waals surface area contributed by atoms with Crippen LogP contribution in [-0.4, -0.2) is 13.2 Å². The lowest BCUT2D eigenvalue weighted by molar-refractivity contribution is 0.0538. The highest BCUT2D eigenvalue weighted by Gasteiger charge is 2.11. The Morgan fingerprint density at radius 3 is 1.82 bits per heavy atom. The predicted molar refractivity (Wildman–Crippen MR) is 49.7 cm³/mol. The topological polar surface area (TPSA) is 9.23 Å². The zero-order valence-corrected chi connectivity index (χ0v) is 8.55. The highest BCUT2D eigenvalue weighted by molar-refractivity contribution is 4.62. The van der Waals surface area contributed by atoms with Crippen LogP contribution in [0.4, 0.5) is 0 Å². The monoisotopic (exact) mass is 158 g/mol. The van der Waals surface area contributed by atoms with E-state index in [1.807, 2.05) is 7.11 Å². The molecule has 0 aromatic heterocycles. The molecule has 1 heteroatoms. The average Bonchev–Trinajstić information content (AvgIpc) is 1.87. The van der Waals surface area contributed by atoms with Gasteiger partial charge < -0.3 is 4.74 Å². The van der Waals surface area contributed by atoms with Crippen LogP contribution in [0.3, 0.4) is 0 Å². The van der Waals surface area contributed by atoms with Gasteiger partial charge in [-0.05, 0) is 24.7 Å². The number of ether oxygens (including phenoxy) is 1. The van der Waals surface area contributed by atoms with Crippen molar-refractivity contribution in [3.8, 4) is 0 Å². The van der Waals surface area contributed by atoms with Crippen molar-refractivity contribution < 1.29 is 4.74 Å². The lowest BCUT2D eigenvalue weighted by Crippen LogP contribution is -2.18. The van der Waals surface area contributed by atoms with Crippen LogP contribution >= 0.6 is 0 Å². The average molecular weight is 158 g/mol. The van der Waals surface area contributed by atoms with Crippen LogP contribution < -0.4 is 0 Å². The second-order valence-corrected chi connectivity index (χ2v) is 3.99. The van der Waals surface area contributed by atoms with E-state index in [0.717, 1.165) is 5.92 Å². The Morgan fingerprint density at radius 1 is 1.00 bits per heavy atom. The maximum absolute atomic E-state index is 5.36. The van der Waals surface area contributed by atoms with E-state index < -0.39 is 0 Å². The highest BCUT2D eigenvalue weighted by Crippen LogP contribution is 2.15. The molecule has 11 heavy (non-hydrogen) atoms. The lowest BCUT2D eigenvalue weighted by Gasteiger charge is -2.19. The molecule has 0 saturated carbocycles. The Bertz CT molecular complexity index is 86.9. The molecule has 0 aliphatic rings. The highest BCUT2D eigenvalue weighted by atomic mass is 16.5. The van der Waals surface area contributed by atoms with E-state index in [-0.39, 0.29) is 0 Å². The van der Waals surface area contributed by atoms with Gasteiger partial charge in [0, 0.05) is 7.11 Å². The third-order valence-corrected chi connectivity index (χ3v) is 2.07. The molecular weight excluding hydrogens is 136 g/mol. The third kappa shape index (κ3) is 5.25. The van der Waals surface area contributed by atoms with Crippen LogP contribution in [0.1, 0.15) is 40.5 Å². The molecule has 0 aromatic rings. The third-order valence-electron chi connectivity index (χ3n) is 2.07. The van der Waals surface area contributed by atoms with Crippen LogP contribution in [0.15, 0.2) is 0 Å². The molecule has 0 radical (unpaired) electrons. The van der Waals surface area contributed by atoms with E-state index in [4.69, 9.17) is 4.74 Å². The smallest absolute Gasteiger partial charge is 0.0594 e. The summed E-state index contributed by atoms with van der Waals surface area (Å²) in [5.74, 6) is 1.45. The molecule has 0 unspecified atom stereocenters. The first kappa shape index (κ1) is 11.0. The minimum atomic E-state index is 0.456. The maximum Gasteiger partial charge on any atom is 0.0594 e. The Morgan fingerprint density at radius 2 is 1.55 bits per heavy atom. The number of hydrogen-bond donors (Lipinski definition) is 0. The van der Waals surface area contributed by atoms with Gasteiger partial charge in [0.2, 0.25) is 0 Å². The minimum Gasteiger partial charge on any atom is -0.381 e. The van der Waals surface area contributed by atoms with Crippen LogP contribution in [0.25, 0.3) is 0 Å². The van der Waals surface area contributed by atoms with Crippen molar-refractivity contribution in [2.45, 2.75) is 46.6 Å². The van der Waals surface area contributed by atoms with Crippen molar-refractivity contribution in [2.75, 3.05) is 7.11 Å². The zero-order valence-electron chi connectivity index (χ0n) is 8.55. The molecule has 1 atom stereocenters. The molecule has 0 N–H and O–H groups in total. The quantitative estimate of drug-likeness (QED) is 0.597. The van der Waals surface area contributed by atoms with E-state index in [0.29, 0.717) is 12.0 Å². The molecule has 0 amide bonds. The summed E-state index contributed by atoms with van der Waals surface area (Å²) in [5, 5.41) is 0. The second kappa shape index (κ2) is 5.59. The van der Waals surface area contributed by atoms with Crippen molar-refractivity contribution in [1.82, 2.24) is 0 Å². The summed E-state index contributed by atoms with van der Waals surface area (Å²) in [7, 11) is 1.81. The standard InChI is InChI=1S/C10H22O/c1-8(2)6-7-10(11-5)9(3)4/h8-10H,6-7H2,1-5H3/t10-/m0/s1. The molecule has 0 aliphatic heterocycles. The van der Waals surface area contributed by atoms with Gasteiger partial charge in [0.1, 0.15) is 0 Å². The fourth-order valence-electron chi connectivity index (χ4n) is 1.22. The van der Waals surface area contributed by atoms with Crippen molar-refractivity contribution >= 4 is 0 Å². The summed E-state index contributed by atoms with van der Waals surface area (Å²) in [6.07, 6.45) is 2.93. The fourth-order valence-corrected chi connectivity index (χ4v) is 1.22. The lowest BCUT2D eigenvalue weighted by atomic mass is 9.98. The van der Waals surface area contributed by atoms with Gasteiger partial charge in [0.15, 0.2) is 0 Å². The molecule has 0 heterocycles. The maximum atomic E-state index is 5.36. The van der Waals surface area contributed by atoms with Crippen molar-refractivity contribution in [3.63, 3.8) is 0 Å². The molecular formula is C10H22O. The summed E-state index contributed by atoms with van der Waals surface area (Å²) in [4.78, 5) is 0. The molecule has 1 nitrogen and oxygen atoms in total. The molecule has 0 spiro atoms. The Hall–Kier alpha value is -0.0400. The fraction of sp³-hybridized carbons (Fsp3) is 1.00. The number of hydrogen-bond acceptors (Lipinski definition) is 1. The summed E-state index contributed by atoms with van der Waals surface area (Å²) < 4.78 is 5.36. The van der Waals surface area contributed by atoms with Gasteiger partial charge in [0.25, 0.3) is 0 Å². The first-order valence-electron chi connectivity index (χ1n) is 4.60. The van der Waals surface area contributed by atoms with E-state index >= 15 is 0 Å². The first-order valence-corrected chi connectivity index (χ1v) is 4.60. The van der Waals surface area contributed by atoms with E-state index in [2.05, 4.69) is 27.7 Å². The second-order valence-electron chi connectivity index (χ2n) is 3.99. The van der Waals surface area contributed by atoms with E-state index in [1.165, 1.54) is 12.8 Å². The van der Waals surface area contributed by atoms with Crippen LogP contribution in [0.2, 0.25) is 0 Å². The van der Waals surface area contributed by atoms with Crippen molar-refractivity contribution in [2.24, 2.45) is 11.8 Å². The van der Waals surface area contributed by atoms with Gasteiger partial charge in [-0.15, -0.1) is 0 Å². The molecule has 0 fully saturated rings. The Kier molecular flexibility index (Phi) is 5.57. The molecule has 0 saturated heterocycles. The van der Waals surface area contributed by atoms with Gasteiger partial charge in [-0.25, -0.2) is 0 Å². The van der Waals surface area contributed by atoms with Gasteiger partial charge in [-0.3, -0.25) is 0 Å². The molecule has 0 rings (SSSR count). The normalized spacial score (nSPS) is 14.5. The van der Waals surface area contributed by atoms with Gasteiger partial charge in [0.05, 0.1) is 6.10 Å².